The molecule has 9 nitrogen and oxygen atoms in total. The second-order valence-corrected chi connectivity index (χ2v) is 5.52. The third kappa shape index (κ3) is 2.21. The molecule has 1 aromatic heterocycles. The minimum atomic E-state index is -3.86. The Hall–Kier alpha value is -2.11. The van der Waals surface area contributed by atoms with E-state index in [2.05, 4.69) is 25.7 Å². The summed E-state index contributed by atoms with van der Waals surface area (Å²) in [5.41, 5.74) is 6.48. The van der Waals surface area contributed by atoms with Crippen LogP contribution in [-0.4, -0.2) is 19.4 Å². The van der Waals surface area contributed by atoms with Crippen molar-refractivity contribution >= 4 is 26.9 Å². The van der Waals surface area contributed by atoms with Crippen LogP contribution in [0.15, 0.2) is 35.2 Å². The van der Waals surface area contributed by atoms with Gasteiger partial charge in [-0.25, -0.2) is 18.2 Å². The molecule has 3 rings (SSSR count). The molecule has 0 atom stereocenters. The number of fused-ring (bicyclic) bond motifs is 1. The van der Waals surface area contributed by atoms with E-state index < -0.39 is 16.0 Å². The predicted molar refractivity (Wildman–Crippen MR) is 66.9 cm³/mol. The second kappa shape index (κ2) is 4.77. The van der Waals surface area contributed by atoms with Crippen LogP contribution in [0.2, 0.25) is 0 Å². The van der Waals surface area contributed by atoms with Crippen molar-refractivity contribution < 1.29 is 18.0 Å². The van der Waals surface area contributed by atoms with Gasteiger partial charge in [-0.3, -0.25) is 0 Å². The first-order valence-electron chi connectivity index (χ1n) is 5.46. The molecule has 0 aliphatic carbocycles. The summed E-state index contributed by atoms with van der Waals surface area (Å²) in [6, 6.07) is 7.71. The second-order valence-electron chi connectivity index (χ2n) is 3.87. The van der Waals surface area contributed by atoms with E-state index >= 15 is 0 Å². The number of hydrazine groups is 3. The van der Waals surface area contributed by atoms with Gasteiger partial charge in [-0.15, -0.1) is 10.4 Å². The Kier molecular flexibility index (Phi) is 3.08. The number of aromatic nitrogens is 1. The number of nitrogens with one attached hydrogen (secondary N) is 4. The van der Waals surface area contributed by atoms with Gasteiger partial charge in [-0.05, 0) is 12.1 Å². The average Bonchev–Trinajstić information content (AvgIpc) is 2.46. The molecular weight excluding hydrogens is 286 g/mol. The lowest BCUT2D eigenvalue weighted by Crippen LogP contribution is -2.52. The number of carbonyl (C=O) groups is 1. The van der Waals surface area contributed by atoms with E-state index in [-0.39, 0.29) is 16.1 Å². The molecule has 2 bridgehead atoms. The molecule has 1 aliphatic rings. The van der Waals surface area contributed by atoms with E-state index in [1.807, 2.05) is 5.59 Å². The van der Waals surface area contributed by atoms with Crippen molar-refractivity contribution in [2.24, 2.45) is 0 Å². The number of para-hydroxylation sites is 1. The molecular formula is C10H9N5O4S. The standard InChI is InChI=1S/C10H9N5O4S/c16-10-7-5-4-6-2-1-3-8(9(6)11-7)20(17,18)15-13-12-14-19-10/h1-5,12-15H. The van der Waals surface area contributed by atoms with Crippen molar-refractivity contribution in [3.05, 3.63) is 36.0 Å². The fourth-order valence-electron chi connectivity index (χ4n) is 1.75. The lowest BCUT2D eigenvalue weighted by atomic mass is 10.2. The average molecular weight is 295 g/mol. The van der Waals surface area contributed by atoms with Gasteiger partial charge in [-0.1, -0.05) is 23.8 Å². The van der Waals surface area contributed by atoms with Gasteiger partial charge >= 0.3 is 5.97 Å². The molecule has 0 radical (unpaired) electrons. The third-order valence-corrected chi connectivity index (χ3v) is 3.90. The molecule has 104 valence electrons. The Balaban J connectivity index is 2.30. The lowest BCUT2D eigenvalue weighted by Gasteiger charge is -2.09. The Labute approximate surface area is 113 Å². The molecule has 2 aromatic rings. The quantitative estimate of drug-likeness (QED) is 0.494. The molecule has 2 heterocycles. The number of nitrogens with zero attached hydrogens (tertiary/aromatic N) is 1. The first-order valence-corrected chi connectivity index (χ1v) is 6.94. The molecule has 10 heteroatoms. The van der Waals surface area contributed by atoms with Crippen LogP contribution < -0.4 is 21.5 Å². The van der Waals surface area contributed by atoms with E-state index in [0.29, 0.717) is 5.39 Å². The summed E-state index contributed by atoms with van der Waals surface area (Å²) >= 11 is 0. The Morgan fingerprint density at radius 1 is 1.10 bits per heavy atom. The van der Waals surface area contributed by atoms with Gasteiger partial charge in [0.2, 0.25) is 0 Å². The first kappa shape index (κ1) is 12.9. The maximum Gasteiger partial charge on any atom is 0.376 e. The Bertz CT molecular complexity index is 791. The zero-order chi connectivity index (χ0) is 14.2. The lowest BCUT2D eigenvalue weighted by molar-refractivity contribution is 0.00638. The zero-order valence-corrected chi connectivity index (χ0v) is 10.7. The normalized spacial score (nSPS) is 18.5. The van der Waals surface area contributed by atoms with Gasteiger partial charge < -0.3 is 4.84 Å². The van der Waals surface area contributed by atoms with Crippen molar-refractivity contribution in [1.29, 1.82) is 0 Å². The summed E-state index contributed by atoms with van der Waals surface area (Å²) in [5.74, 6) is -0.754. The van der Waals surface area contributed by atoms with Gasteiger partial charge in [0.1, 0.15) is 4.90 Å². The van der Waals surface area contributed by atoms with E-state index in [4.69, 9.17) is 0 Å². The SMILES string of the molecule is O=C1ONNNNS(=O)(=O)c2cccc3ccc1nc23. The van der Waals surface area contributed by atoms with E-state index in [1.54, 1.807) is 18.2 Å². The van der Waals surface area contributed by atoms with E-state index in [0.717, 1.165) is 0 Å². The predicted octanol–water partition coefficient (Wildman–Crippen LogP) is -0.888. The van der Waals surface area contributed by atoms with Crippen LogP contribution in [0.3, 0.4) is 0 Å². The summed E-state index contributed by atoms with van der Waals surface area (Å²) in [7, 11) is -3.86. The highest BCUT2D eigenvalue weighted by atomic mass is 32.2. The van der Waals surface area contributed by atoms with Crippen LogP contribution in [0.25, 0.3) is 10.9 Å². The largest absolute Gasteiger partial charge is 0.376 e. The molecule has 4 N–H and O–H groups in total. The number of pyridine rings is 1. The molecule has 20 heavy (non-hydrogen) atoms. The Morgan fingerprint density at radius 2 is 1.95 bits per heavy atom. The number of hydrogen-bond acceptors (Lipinski definition) is 8. The first-order chi connectivity index (χ1) is 9.58. The van der Waals surface area contributed by atoms with Crippen LogP contribution in [0, 0.1) is 0 Å². The number of sulfonamides is 1. The van der Waals surface area contributed by atoms with Crippen molar-refractivity contribution in [2.75, 3.05) is 0 Å². The van der Waals surface area contributed by atoms with Crippen molar-refractivity contribution in [2.45, 2.75) is 4.90 Å². The smallest absolute Gasteiger partial charge is 0.349 e. The van der Waals surface area contributed by atoms with Crippen molar-refractivity contribution in [3.8, 4) is 0 Å². The van der Waals surface area contributed by atoms with Gasteiger partial charge in [0.15, 0.2) is 5.69 Å². The fourth-order valence-corrected chi connectivity index (χ4v) is 2.72. The highest BCUT2D eigenvalue weighted by Crippen LogP contribution is 2.21. The molecule has 0 amide bonds. The van der Waals surface area contributed by atoms with Gasteiger partial charge in [0.05, 0.1) is 5.52 Å². The third-order valence-electron chi connectivity index (χ3n) is 2.62. The minimum absolute atomic E-state index is 0.0173. The van der Waals surface area contributed by atoms with Crippen molar-refractivity contribution in [1.82, 2.24) is 26.5 Å². The maximum absolute atomic E-state index is 12.1. The zero-order valence-electron chi connectivity index (χ0n) is 9.88. The Morgan fingerprint density at radius 3 is 2.80 bits per heavy atom. The summed E-state index contributed by atoms with van der Waals surface area (Å²) in [5, 5.41) is 0.588. The molecule has 0 spiro atoms. The molecule has 0 fully saturated rings. The number of hydrogen-bond donors (Lipinski definition) is 4. The van der Waals surface area contributed by atoms with E-state index in [9.17, 15) is 13.2 Å². The van der Waals surface area contributed by atoms with Crippen LogP contribution in [0.4, 0.5) is 0 Å². The molecule has 0 unspecified atom stereocenters. The highest BCUT2D eigenvalue weighted by Gasteiger charge is 2.20. The number of rotatable bonds is 0. The maximum atomic E-state index is 12.1. The summed E-state index contributed by atoms with van der Waals surface area (Å²) < 4.78 is 24.3. The molecule has 1 aliphatic heterocycles. The number of benzene rings is 1. The van der Waals surface area contributed by atoms with Crippen molar-refractivity contribution in [3.63, 3.8) is 0 Å². The summed E-state index contributed by atoms with van der Waals surface area (Å²) in [6.07, 6.45) is 0. The fraction of sp³-hybridized carbons (Fsp3) is 0. The van der Waals surface area contributed by atoms with Crippen LogP contribution >= 0.6 is 0 Å². The van der Waals surface area contributed by atoms with Crippen LogP contribution in [0.5, 0.6) is 0 Å². The molecule has 0 saturated heterocycles. The summed E-state index contributed by atoms with van der Waals surface area (Å²) in [6.45, 7) is 0. The number of carbonyl (C=O) groups excluding carboxylic acids is 1. The molecule has 1 aromatic carbocycles. The molecule has 0 saturated carbocycles. The monoisotopic (exact) mass is 295 g/mol. The summed E-state index contributed by atoms with van der Waals surface area (Å²) in [4.78, 5) is 22.3. The minimum Gasteiger partial charge on any atom is -0.349 e. The highest BCUT2D eigenvalue weighted by molar-refractivity contribution is 7.89. The van der Waals surface area contributed by atoms with Gasteiger partial charge in [0.25, 0.3) is 10.0 Å². The van der Waals surface area contributed by atoms with E-state index in [1.165, 1.54) is 12.1 Å². The van der Waals surface area contributed by atoms with Crippen LogP contribution in [-0.2, 0) is 14.9 Å². The van der Waals surface area contributed by atoms with Gasteiger partial charge in [-0.2, -0.15) is 5.53 Å². The van der Waals surface area contributed by atoms with Gasteiger partial charge in [0, 0.05) is 5.39 Å². The topological polar surface area (TPSA) is 121 Å². The van der Waals surface area contributed by atoms with Crippen LogP contribution in [0.1, 0.15) is 10.5 Å².